The van der Waals surface area contributed by atoms with Gasteiger partial charge in [0, 0.05) is 38.6 Å². The summed E-state index contributed by atoms with van der Waals surface area (Å²) >= 11 is 0. The van der Waals surface area contributed by atoms with Gasteiger partial charge in [0.2, 0.25) is 0 Å². The highest BCUT2D eigenvalue weighted by Crippen LogP contribution is 2.35. The lowest BCUT2D eigenvalue weighted by Gasteiger charge is -2.28. The Hall–Kier alpha value is -0.755. The first-order valence-electron chi connectivity index (χ1n) is 8.95. The largest absolute Gasteiger partial charge is 0.480 e. The molecule has 0 aromatic rings. The van der Waals surface area contributed by atoms with E-state index in [1.165, 1.54) is 4.31 Å². The molecule has 0 unspecified atom stereocenters. The molecule has 0 radical (unpaired) electrons. The van der Waals surface area contributed by atoms with E-state index in [0.29, 0.717) is 25.3 Å². The van der Waals surface area contributed by atoms with Crippen LogP contribution in [0.2, 0.25) is 6.32 Å². The van der Waals surface area contributed by atoms with Crippen LogP contribution in [-0.4, -0.2) is 83.5 Å². The standard InChI is InChI=1S/C14H29BN4O6S/c16-6-7-18(8-11-3-4-11)26(24,25)19-9-12(2-1-5-15(22)23)14(17,10-19)13(20)21/h11-12,22-23H,1-10,16-17H2,(H,20,21)/t12-,14-/m0/s1. The minimum atomic E-state index is -3.85. The van der Waals surface area contributed by atoms with Gasteiger partial charge in [0.25, 0.3) is 10.2 Å². The Morgan fingerprint density at radius 1 is 1.35 bits per heavy atom. The molecule has 26 heavy (non-hydrogen) atoms. The van der Waals surface area contributed by atoms with Crippen LogP contribution in [0.1, 0.15) is 25.7 Å². The molecular weight excluding hydrogens is 363 g/mol. The van der Waals surface area contributed by atoms with Crippen LogP contribution in [0.25, 0.3) is 0 Å². The molecule has 12 heteroatoms. The Balaban J connectivity index is 2.13. The van der Waals surface area contributed by atoms with Crippen molar-refractivity contribution in [1.29, 1.82) is 0 Å². The van der Waals surface area contributed by atoms with Gasteiger partial charge in [-0.1, -0.05) is 6.42 Å². The lowest BCUT2D eigenvalue weighted by atomic mass is 9.78. The highest BCUT2D eigenvalue weighted by Gasteiger charge is 2.53. The molecule has 2 aliphatic rings. The summed E-state index contributed by atoms with van der Waals surface area (Å²) in [6, 6.07) is 0. The number of carboxylic acid groups (broad SMARTS) is 1. The molecule has 1 aliphatic carbocycles. The van der Waals surface area contributed by atoms with E-state index in [4.69, 9.17) is 21.5 Å². The lowest BCUT2D eigenvalue weighted by Crippen LogP contribution is -2.55. The molecule has 1 heterocycles. The zero-order valence-corrected chi connectivity index (χ0v) is 15.6. The predicted octanol–water partition coefficient (Wildman–Crippen LogP) is -2.13. The molecule has 1 aliphatic heterocycles. The Bertz CT molecular complexity index is 602. The molecule has 0 amide bonds. The summed E-state index contributed by atoms with van der Waals surface area (Å²) in [6.07, 6.45) is 2.69. The van der Waals surface area contributed by atoms with Gasteiger partial charge in [0.05, 0.1) is 0 Å². The van der Waals surface area contributed by atoms with Crippen LogP contribution in [0.15, 0.2) is 0 Å². The molecule has 2 atom stereocenters. The van der Waals surface area contributed by atoms with Crippen molar-refractivity contribution in [3.05, 3.63) is 0 Å². The molecule has 10 nitrogen and oxygen atoms in total. The number of aliphatic carboxylic acids is 1. The number of rotatable bonds is 11. The fourth-order valence-corrected chi connectivity index (χ4v) is 5.21. The highest BCUT2D eigenvalue weighted by molar-refractivity contribution is 7.86. The van der Waals surface area contributed by atoms with Crippen molar-refractivity contribution in [2.75, 3.05) is 32.7 Å². The summed E-state index contributed by atoms with van der Waals surface area (Å²) in [5.41, 5.74) is 9.92. The van der Waals surface area contributed by atoms with Gasteiger partial charge in [-0.25, -0.2) is 0 Å². The van der Waals surface area contributed by atoms with Gasteiger partial charge >= 0.3 is 13.1 Å². The number of carboxylic acids is 1. The van der Waals surface area contributed by atoms with Gasteiger partial charge in [0.15, 0.2) is 0 Å². The molecule has 7 N–H and O–H groups in total. The van der Waals surface area contributed by atoms with E-state index in [9.17, 15) is 18.3 Å². The van der Waals surface area contributed by atoms with Crippen molar-refractivity contribution in [3.8, 4) is 0 Å². The van der Waals surface area contributed by atoms with Gasteiger partial charge in [-0.05, 0) is 31.5 Å². The van der Waals surface area contributed by atoms with Crippen LogP contribution in [0.5, 0.6) is 0 Å². The number of carbonyl (C=O) groups is 1. The molecule has 0 aromatic carbocycles. The van der Waals surface area contributed by atoms with Gasteiger partial charge in [0.1, 0.15) is 5.54 Å². The molecule has 150 valence electrons. The average Bonchev–Trinajstić information content (AvgIpc) is 3.29. The maximum atomic E-state index is 13.0. The van der Waals surface area contributed by atoms with Crippen molar-refractivity contribution >= 4 is 23.3 Å². The van der Waals surface area contributed by atoms with Crippen LogP contribution in [-0.2, 0) is 15.0 Å². The van der Waals surface area contributed by atoms with E-state index >= 15 is 0 Å². The Morgan fingerprint density at radius 3 is 2.50 bits per heavy atom. The molecule has 0 spiro atoms. The van der Waals surface area contributed by atoms with Gasteiger partial charge in [-0.15, -0.1) is 0 Å². The van der Waals surface area contributed by atoms with Gasteiger partial charge < -0.3 is 26.6 Å². The average molecular weight is 392 g/mol. The number of nitrogens with two attached hydrogens (primary N) is 2. The number of hydrogen-bond donors (Lipinski definition) is 5. The molecule has 2 fully saturated rings. The second kappa shape index (κ2) is 8.51. The van der Waals surface area contributed by atoms with E-state index < -0.39 is 34.8 Å². The summed E-state index contributed by atoms with van der Waals surface area (Å²) in [5.74, 6) is -1.52. The number of nitrogens with zero attached hydrogens (tertiary/aromatic N) is 2. The van der Waals surface area contributed by atoms with Crippen LogP contribution < -0.4 is 11.5 Å². The SMILES string of the molecule is NCCN(CC1CC1)S(=O)(=O)N1C[C@H](CCCB(O)O)[C@](N)(C(=O)O)C1. The summed E-state index contributed by atoms with van der Waals surface area (Å²) in [7, 11) is -5.33. The fourth-order valence-electron chi connectivity index (χ4n) is 3.40. The fraction of sp³-hybridized carbons (Fsp3) is 0.929. The second-order valence-corrected chi connectivity index (χ2v) is 9.27. The molecule has 2 rings (SSSR count). The van der Waals surface area contributed by atoms with E-state index in [0.717, 1.165) is 17.1 Å². The monoisotopic (exact) mass is 392 g/mol. The molecular formula is C14H29BN4O6S. The van der Waals surface area contributed by atoms with Crippen LogP contribution in [0.3, 0.4) is 0 Å². The van der Waals surface area contributed by atoms with Crippen LogP contribution >= 0.6 is 0 Å². The quantitative estimate of drug-likeness (QED) is 0.248. The summed E-state index contributed by atoms with van der Waals surface area (Å²) in [5, 5.41) is 27.5. The van der Waals surface area contributed by atoms with Crippen molar-refractivity contribution in [1.82, 2.24) is 8.61 Å². The number of hydrogen-bond acceptors (Lipinski definition) is 7. The zero-order chi connectivity index (χ0) is 19.5. The zero-order valence-electron chi connectivity index (χ0n) is 14.8. The normalized spacial score (nSPS) is 27.2. The summed E-state index contributed by atoms with van der Waals surface area (Å²) < 4.78 is 28.4. The van der Waals surface area contributed by atoms with E-state index in [-0.39, 0.29) is 32.5 Å². The third-order valence-corrected chi connectivity index (χ3v) is 7.11. The van der Waals surface area contributed by atoms with E-state index in [1.807, 2.05) is 0 Å². The Labute approximate surface area is 154 Å². The Kier molecular flexibility index (Phi) is 7.05. The maximum absolute atomic E-state index is 13.0. The molecule has 0 bridgehead atoms. The van der Waals surface area contributed by atoms with Crippen LogP contribution in [0, 0.1) is 11.8 Å². The maximum Gasteiger partial charge on any atom is 0.451 e. The van der Waals surface area contributed by atoms with Crippen molar-refractivity contribution in [2.24, 2.45) is 23.3 Å². The summed E-state index contributed by atoms with van der Waals surface area (Å²) in [4.78, 5) is 11.7. The molecule has 0 aromatic heterocycles. The topological polar surface area (TPSA) is 170 Å². The Morgan fingerprint density at radius 2 is 2.00 bits per heavy atom. The smallest absolute Gasteiger partial charge is 0.451 e. The summed E-state index contributed by atoms with van der Waals surface area (Å²) in [6.45, 7) is 0.453. The first kappa shape index (κ1) is 21.5. The predicted molar refractivity (Wildman–Crippen MR) is 96.1 cm³/mol. The third kappa shape index (κ3) is 4.94. The minimum Gasteiger partial charge on any atom is -0.480 e. The lowest BCUT2D eigenvalue weighted by molar-refractivity contribution is -0.144. The van der Waals surface area contributed by atoms with E-state index in [2.05, 4.69) is 0 Å². The van der Waals surface area contributed by atoms with Crippen molar-refractivity contribution in [3.63, 3.8) is 0 Å². The molecule has 1 saturated heterocycles. The highest BCUT2D eigenvalue weighted by atomic mass is 32.2. The van der Waals surface area contributed by atoms with Gasteiger partial charge in [-0.3, -0.25) is 4.79 Å². The van der Waals surface area contributed by atoms with Gasteiger partial charge in [-0.2, -0.15) is 17.0 Å². The third-order valence-electron chi connectivity index (χ3n) is 5.19. The van der Waals surface area contributed by atoms with Crippen LogP contribution in [0.4, 0.5) is 0 Å². The van der Waals surface area contributed by atoms with E-state index in [1.54, 1.807) is 0 Å². The first-order chi connectivity index (χ1) is 12.1. The van der Waals surface area contributed by atoms with Crippen molar-refractivity contribution in [2.45, 2.75) is 37.5 Å². The minimum absolute atomic E-state index is 0.00159. The van der Waals surface area contributed by atoms with Crippen molar-refractivity contribution < 1.29 is 28.4 Å². The molecule has 1 saturated carbocycles. The first-order valence-corrected chi connectivity index (χ1v) is 10.3. The second-order valence-electron chi connectivity index (χ2n) is 7.34.